The average molecular weight is 274 g/mol. The zero-order valence-corrected chi connectivity index (χ0v) is 11.7. The van der Waals surface area contributed by atoms with Gasteiger partial charge in [0.1, 0.15) is 17.2 Å². The molecule has 1 aromatic carbocycles. The molecule has 0 radical (unpaired) electrons. The minimum Gasteiger partial charge on any atom is -0.366 e. The number of rotatable bonds is 6. The fourth-order valence-electron chi connectivity index (χ4n) is 1.83. The van der Waals surface area contributed by atoms with Crippen LogP contribution in [0, 0.1) is 0 Å². The van der Waals surface area contributed by atoms with Gasteiger partial charge in [-0.2, -0.15) is 0 Å². The molecule has 5 heteroatoms. The van der Waals surface area contributed by atoms with Gasteiger partial charge in [-0.25, -0.2) is 9.97 Å². The molecule has 0 saturated heterocycles. The van der Waals surface area contributed by atoms with Crippen LogP contribution in [0.25, 0.3) is 0 Å². The number of benzene rings is 1. The topological polar surface area (TPSA) is 63.8 Å². The summed E-state index contributed by atoms with van der Waals surface area (Å²) in [6, 6.07) is 12.4. The van der Waals surface area contributed by atoms with E-state index in [1.54, 1.807) is 18.1 Å². The molecule has 0 saturated carbocycles. The van der Waals surface area contributed by atoms with E-state index in [0.29, 0.717) is 6.54 Å². The fraction of sp³-hybridized carbons (Fsp3) is 0.286. The molecule has 0 aliphatic rings. The van der Waals surface area contributed by atoms with Crippen molar-refractivity contribution in [3.8, 4) is 0 Å². The van der Waals surface area contributed by atoms with Gasteiger partial charge in [-0.3, -0.25) is 0 Å². The van der Waals surface area contributed by atoms with Gasteiger partial charge in [0.05, 0.1) is 0 Å². The molecular weight excluding hydrogens is 256 g/mol. The summed E-state index contributed by atoms with van der Waals surface area (Å²) >= 11 is 1.60. The molecule has 0 bridgehead atoms. The number of nitrogens with one attached hydrogen (secondary N) is 1. The van der Waals surface area contributed by atoms with Crippen molar-refractivity contribution in [1.82, 2.24) is 9.97 Å². The largest absolute Gasteiger partial charge is 0.366 e. The summed E-state index contributed by atoms with van der Waals surface area (Å²) in [6.45, 7) is 0.563. The Balaban J connectivity index is 2.02. The van der Waals surface area contributed by atoms with Gasteiger partial charge in [0, 0.05) is 18.7 Å². The van der Waals surface area contributed by atoms with Crippen LogP contribution in [0.5, 0.6) is 0 Å². The standard InChI is InChI=1S/C14H18N4S/c1-19-14-8-13(16-10-17-14)18-12(9-15)7-11-5-3-2-4-6-11/h2-6,8,10,12H,7,9,15H2,1H3,(H,16,17,18). The molecule has 2 aromatic rings. The Morgan fingerprint density at radius 2 is 2.05 bits per heavy atom. The van der Waals surface area contributed by atoms with Crippen LogP contribution in [0.1, 0.15) is 5.56 Å². The number of hydrogen-bond donors (Lipinski definition) is 2. The van der Waals surface area contributed by atoms with E-state index in [0.717, 1.165) is 17.3 Å². The summed E-state index contributed by atoms with van der Waals surface area (Å²) < 4.78 is 0. The average Bonchev–Trinajstić information content (AvgIpc) is 2.48. The van der Waals surface area contributed by atoms with E-state index in [2.05, 4.69) is 27.4 Å². The van der Waals surface area contributed by atoms with Crippen molar-refractivity contribution in [2.75, 3.05) is 18.1 Å². The molecule has 0 fully saturated rings. The van der Waals surface area contributed by atoms with Crippen LogP contribution in [-0.4, -0.2) is 28.8 Å². The summed E-state index contributed by atoms with van der Waals surface area (Å²) in [5, 5.41) is 4.31. The lowest BCUT2D eigenvalue weighted by atomic mass is 10.1. The van der Waals surface area contributed by atoms with Crippen molar-refractivity contribution in [3.05, 3.63) is 48.3 Å². The first kappa shape index (κ1) is 13.8. The van der Waals surface area contributed by atoms with Crippen molar-refractivity contribution >= 4 is 17.6 Å². The highest BCUT2D eigenvalue weighted by atomic mass is 32.2. The number of nitrogens with two attached hydrogens (primary N) is 1. The fourth-order valence-corrected chi connectivity index (χ4v) is 2.21. The Hall–Kier alpha value is -1.59. The molecule has 4 nitrogen and oxygen atoms in total. The monoisotopic (exact) mass is 274 g/mol. The second kappa shape index (κ2) is 7.11. The third kappa shape index (κ3) is 4.22. The minimum absolute atomic E-state index is 0.173. The predicted octanol–water partition coefficient (Wildman–Crippen LogP) is 2.18. The molecule has 0 aliphatic heterocycles. The second-order valence-corrected chi connectivity index (χ2v) is 5.04. The molecule has 19 heavy (non-hydrogen) atoms. The molecule has 1 aromatic heterocycles. The number of nitrogens with zero attached hydrogens (tertiary/aromatic N) is 2. The highest BCUT2D eigenvalue weighted by molar-refractivity contribution is 7.98. The second-order valence-electron chi connectivity index (χ2n) is 4.21. The molecular formula is C14H18N4S. The number of anilines is 1. The summed E-state index contributed by atoms with van der Waals surface area (Å²) in [4.78, 5) is 8.38. The van der Waals surface area contributed by atoms with Gasteiger partial charge >= 0.3 is 0 Å². The lowest BCUT2D eigenvalue weighted by Gasteiger charge is -2.17. The molecule has 1 atom stereocenters. The van der Waals surface area contributed by atoms with Crippen molar-refractivity contribution < 1.29 is 0 Å². The van der Waals surface area contributed by atoms with Crippen molar-refractivity contribution in [1.29, 1.82) is 0 Å². The van der Waals surface area contributed by atoms with Crippen LogP contribution in [0.15, 0.2) is 47.8 Å². The van der Waals surface area contributed by atoms with Crippen molar-refractivity contribution in [2.45, 2.75) is 17.5 Å². The Bertz CT molecular complexity index is 504. The van der Waals surface area contributed by atoms with Gasteiger partial charge in [-0.1, -0.05) is 30.3 Å². The minimum atomic E-state index is 0.173. The molecule has 3 N–H and O–H groups in total. The maximum atomic E-state index is 5.83. The Labute approximate surface area is 117 Å². The van der Waals surface area contributed by atoms with Crippen molar-refractivity contribution in [2.24, 2.45) is 5.73 Å². The van der Waals surface area contributed by atoms with Gasteiger partial charge in [-0.05, 0) is 18.2 Å². The van der Waals surface area contributed by atoms with Gasteiger partial charge < -0.3 is 11.1 Å². The zero-order chi connectivity index (χ0) is 13.5. The quantitative estimate of drug-likeness (QED) is 0.624. The van der Waals surface area contributed by atoms with Gasteiger partial charge in [0.2, 0.25) is 0 Å². The SMILES string of the molecule is CSc1cc(NC(CN)Cc2ccccc2)ncn1. The molecule has 0 spiro atoms. The lowest BCUT2D eigenvalue weighted by molar-refractivity contribution is 0.718. The van der Waals surface area contributed by atoms with Crippen LogP contribution < -0.4 is 11.1 Å². The summed E-state index contributed by atoms with van der Waals surface area (Å²) in [6.07, 6.45) is 4.46. The van der Waals surface area contributed by atoms with E-state index in [4.69, 9.17) is 5.73 Å². The van der Waals surface area contributed by atoms with E-state index in [1.165, 1.54) is 5.56 Å². The molecule has 0 aliphatic carbocycles. The first-order valence-electron chi connectivity index (χ1n) is 6.18. The van der Waals surface area contributed by atoms with E-state index in [-0.39, 0.29) is 6.04 Å². The molecule has 100 valence electrons. The van der Waals surface area contributed by atoms with Gasteiger partial charge in [0.15, 0.2) is 0 Å². The van der Waals surface area contributed by atoms with Crippen LogP contribution in [0.2, 0.25) is 0 Å². The number of thioether (sulfide) groups is 1. The maximum Gasteiger partial charge on any atom is 0.130 e. The zero-order valence-electron chi connectivity index (χ0n) is 10.9. The predicted molar refractivity (Wildman–Crippen MR) is 80.4 cm³/mol. The maximum absolute atomic E-state index is 5.83. The third-order valence-electron chi connectivity index (χ3n) is 2.81. The Morgan fingerprint density at radius 1 is 1.26 bits per heavy atom. The van der Waals surface area contributed by atoms with Crippen LogP contribution in [0.3, 0.4) is 0 Å². The van der Waals surface area contributed by atoms with E-state index in [1.807, 2.05) is 30.5 Å². The molecule has 1 unspecified atom stereocenters. The van der Waals surface area contributed by atoms with Gasteiger partial charge in [-0.15, -0.1) is 11.8 Å². The third-order valence-corrected chi connectivity index (χ3v) is 3.45. The van der Waals surface area contributed by atoms with E-state index >= 15 is 0 Å². The molecule has 1 heterocycles. The highest BCUT2D eigenvalue weighted by Crippen LogP contribution is 2.15. The van der Waals surface area contributed by atoms with E-state index in [9.17, 15) is 0 Å². The Kier molecular flexibility index (Phi) is 5.18. The molecule has 0 amide bonds. The summed E-state index contributed by atoms with van der Waals surface area (Å²) in [5.41, 5.74) is 7.10. The summed E-state index contributed by atoms with van der Waals surface area (Å²) in [5.74, 6) is 0.825. The number of aromatic nitrogens is 2. The highest BCUT2D eigenvalue weighted by Gasteiger charge is 2.08. The van der Waals surface area contributed by atoms with Crippen LogP contribution >= 0.6 is 11.8 Å². The number of hydrogen-bond acceptors (Lipinski definition) is 5. The first-order valence-corrected chi connectivity index (χ1v) is 7.41. The van der Waals surface area contributed by atoms with E-state index < -0.39 is 0 Å². The Morgan fingerprint density at radius 3 is 2.74 bits per heavy atom. The van der Waals surface area contributed by atoms with Crippen molar-refractivity contribution in [3.63, 3.8) is 0 Å². The molecule has 2 rings (SSSR count). The smallest absolute Gasteiger partial charge is 0.130 e. The van der Waals surface area contributed by atoms with Gasteiger partial charge in [0.25, 0.3) is 0 Å². The first-order chi connectivity index (χ1) is 9.31. The summed E-state index contributed by atoms with van der Waals surface area (Å²) in [7, 11) is 0. The lowest BCUT2D eigenvalue weighted by Crippen LogP contribution is -2.31. The van der Waals surface area contributed by atoms with Crippen LogP contribution in [-0.2, 0) is 6.42 Å². The normalized spacial score (nSPS) is 12.1. The van der Waals surface area contributed by atoms with Crippen LogP contribution in [0.4, 0.5) is 5.82 Å².